The maximum absolute atomic E-state index is 12.9. The number of rotatable bonds is 5. The topological polar surface area (TPSA) is 63.2 Å². The van der Waals surface area contributed by atoms with Gasteiger partial charge in [-0.1, -0.05) is 12.1 Å². The lowest BCUT2D eigenvalue weighted by atomic mass is 9.79. The van der Waals surface area contributed by atoms with E-state index in [2.05, 4.69) is 33.8 Å². The number of hydrogen-bond acceptors (Lipinski definition) is 5. The average Bonchev–Trinajstić information content (AvgIpc) is 3.31. The Morgan fingerprint density at radius 3 is 2.85 bits per heavy atom. The summed E-state index contributed by atoms with van der Waals surface area (Å²) in [6.07, 6.45) is 5.16. The van der Waals surface area contributed by atoms with E-state index in [0.29, 0.717) is 11.7 Å². The van der Waals surface area contributed by atoms with Crippen LogP contribution in [0.2, 0.25) is 0 Å². The molecule has 1 aliphatic carbocycles. The van der Waals surface area contributed by atoms with Crippen LogP contribution in [0.1, 0.15) is 30.4 Å². The summed E-state index contributed by atoms with van der Waals surface area (Å²) in [5.74, 6) is 0.0238. The van der Waals surface area contributed by atoms with Gasteiger partial charge in [0.1, 0.15) is 0 Å². The number of carbonyl (C=O) groups excluding carboxylic acids is 1. The molecule has 2 N–H and O–H groups in total. The predicted molar refractivity (Wildman–Crippen MR) is 112 cm³/mol. The Kier molecular flexibility index (Phi) is 6.52. The van der Waals surface area contributed by atoms with Gasteiger partial charge >= 0.3 is 0 Å². The number of benzene rings is 1. The zero-order valence-electron chi connectivity index (χ0n) is 15.5. The number of thiazole rings is 1. The number of ether oxygens (including phenoxy) is 1. The Hall–Kier alpha value is -1.47. The second-order valence-corrected chi connectivity index (χ2v) is 8.15. The lowest BCUT2D eigenvalue weighted by Gasteiger charge is -2.35. The Morgan fingerprint density at radius 1 is 1.30 bits per heavy atom. The summed E-state index contributed by atoms with van der Waals surface area (Å²) in [6, 6.07) is 6.62. The first-order chi connectivity index (χ1) is 12.7. The molecule has 5 nitrogen and oxygen atoms in total. The highest BCUT2D eigenvalue weighted by Crippen LogP contribution is 2.33. The first kappa shape index (κ1) is 20.3. The van der Waals surface area contributed by atoms with Gasteiger partial charge in [0.2, 0.25) is 5.91 Å². The molecule has 1 saturated heterocycles. The summed E-state index contributed by atoms with van der Waals surface area (Å²) in [6.45, 7) is 2.13. The third-order valence-electron chi connectivity index (χ3n) is 5.58. The minimum atomic E-state index is -0.459. The number of aryl methyl sites for hydroxylation is 2. The fourth-order valence-corrected chi connectivity index (χ4v) is 4.76. The van der Waals surface area contributed by atoms with Gasteiger partial charge in [0, 0.05) is 18.1 Å². The molecule has 2 aromatic rings. The van der Waals surface area contributed by atoms with Gasteiger partial charge in [-0.2, -0.15) is 0 Å². The first-order valence-electron chi connectivity index (χ1n) is 9.29. The third-order valence-corrected chi connectivity index (χ3v) is 6.34. The highest BCUT2D eigenvalue weighted by Gasteiger charge is 2.40. The summed E-state index contributed by atoms with van der Waals surface area (Å²) in [4.78, 5) is 17.6. The molecule has 0 saturated carbocycles. The van der Waals surface area contributed by atoms with Crippen LogP contribution >= 0.6 is 23.7 Å². The summed E-state index contributed by atoms with van der Waals surface area (Å²) in [5, 5.41) is 9.05. The molecule has 2 aliphatic rings. The molecular weight excluding hydrogens is 382 g/mol. The van der Waals surface area contributed by atoms with Crippen LogP contribution in [0.3, 0.4) is 0 Å². The van der Waals surface area contributed by atoms with Crippen molar-refractivity contribution in [3.63, 3.8) is 0 Å². The summed E-state index contributed by atoms with van der Waals surface area (Å²) < 4.78 is 5.36. The Morgan fingerprint density at radius 2 is 2.07 bits per heavy atom. The van der Waals surface area contributed by atoms with E-state index in [4.69, 9.17) is 4.74 Å². The number of halogens is 1. The lowest BCUT2D eigenvalue weighted by molar-refractivity contribution is -0.130. The average molecular weight is 408 g/mol. The van der Waals surface area contributed by atoms with Crippen molar-refractivity contribution < 1.29 is 9.53 Å². The normalized spacial score (nSPS) is 17.8. The van der Waals surface area contributed by atoms with Gasteiger partial charge in [-0.05, 0) is 62.4 Å². The zero-order valence-corrected chi connectivity index (χ0v) is 17.2. The Balaban J connectivity index is 0.00000210. The molecule has 27 heavy (non-hydrogen) atoms. The highest BCUT2D eigenvalue weighted by atomic mass is 35.5. The summed E-state index contributed by atoms with van der Waals surface area (Å²) >= 11 is 1.49. The van der Waals surface area contributed by atoms with Crippen molar-refractivity contribution in [1.82, 2.24) is 10.3 Å². The number of methoxy groups -OCH3 is 1. The van der Waals surface area contributed by atoms with Crippen molar-refractivity contribution in [2.24, 2.45) is 5.41 Å². The number of nitrogens with zero attached hydrogens (tertiary/aromatic N) is 1. The molecule has 0 spiro atoms. The van der Waals surface area contributed by atoms with Crippen LogP contribution in [-0.2, 0) is 22.4 Å². The minimum absolute atomic E-state index is 0. The second kappa shape index (κ2) is 8.69. The van der Waals surface area contributed by atoms with Crippen LogP contribution < -0.4 is 10.6 Å². The molecule has 7 heteroatoms. The van der Waals surface area contributed by atoms with E-state index < -0.39 is 5.41 Å². The standard InChI is InChI=1S/C20H25N3O2S.ClH/c1-25-13-20(7-9-21-10-8-20)18(24)23-19-22-17(12-26-19)16-6-5-14-3-2-4-15(14)11-16;/h5-6,11-12,21H,2-4,7-10,13H2,1H3,(H,22,23,24);1H. The van der Waals surface area contributed by atoms with Crippen LogP contribution in [0.4, 0.5) is 5.13 Å². The number of carbonyl (C=O) groups is 1. The SMILES string of the molecule is COCC1(C(=O)Nc2nc(-c3ccc4c(c3)CCC4)cs2)CCNCC1.Cl. The molecular formula is C20H26ClN3O2S. The van der Waals surface area contributed by atoms with Gasteiger partial charge in [0.05, 0.1) is 17.7 Å². The van der Waals surface area contributed by atoms with E-state index in [1.807, 2.05) is 5.38 Å². The van der Waals surface area contributed by atoms with Crippen LogP contribution in [0.5, 0.6) is 0 Å². The summed E-state index contributed by atoms with van der Waals surface area (Å²) in [5.41, 5.74) is 4.51. The molecule has 1 amide bonds. The smallest absolute Gasteiger partial charge is 0.234 e. The minimum Gasteiger partial charge on any atom is -0.384 e. The van der Waals surface area contributed by atoms with Gasteiger partial charge in [0.15, 0.2) is 5.13 Å². The number of nitrogens with one attached hydrogen (secondary N) is 2. The fraction of sp³-hybridized carbons (Fsp3) is 0.500. The highest BCUT2D eigenvalue weighted by molar-refractivity contribution is 7.14. The monoisotopic (exact) mass is 407 g/mol. The zero-order chi connectivity index (χ0) is 18.0. The maximum Gasteiger partial charge on any atom is 0.234 e. The molecule has 2 heterocycles. The first-order valence-corrected chi connectivity index (χ1v) is 10.2. The van der Waals surface area contributed by atoms with Crippen molar-refractivity contribution in [2.75, 3.05) is 32.1 Å². The van der Waals surface area contributed by atoms with Gasteiger partial charge in [-0.3, -0.25) is 4.79 Å². The van der Waals surface area contributed by atoms with Gasteiger partial charge < -0.3 is 15.4 Å². The Bertz CT molecular complexity index is 797. The van der Waals surface area contributed by atoms with E-state index in [0.717, 1.165) is 43.6 Å². The molecule has 1 aliphatic heterocycles. The van der Waals surface area contributed by atoms with Crippen molar-refractivity contribution in [2.45, 2.75) is 32.1 Å². The van der Waals surface area contributed by atoms with Crippen LogP contribution in [-0.4, -0.2) is 37.7 Å². The second-order valence-electron chi connectivity index (χ2n) is 7.29. The molecule has 1 aromatic heterocycles. The van der Waals surface area contributed by atoms with Gasteiger partial charge in [-0.15, -0.1) is 23.7 Å². The van der Waals surface area contributed by atoms with Crippen molar-refractivity contribution in [3.8, 4) is 11.3 Å². The van der Waals surface area contributed by atoms with E-state index in [-0.39, 0.29) is 18.3 Å². The van der Waals surface area contributed by atoms with Gasteiger partial charge in [-0.25, -0.2) is 4.98 Å². The number of hydrogen-bond donors (Lipinski definition) is 2. The molecule has 4 rings (SSSR count). The van der Waals surface area contributed by atoms with Gasteiger partial charge in [0.25, 0.3) is 0 Å². The largest absolute Gasteiger partial charge is 0.384 e. The van der Waals surface area contributed by atoms with E-state index >= 15 is 0 Å². The number of piperidine rings is 1. The molecule has 0 radical (unpaired) electrons. The molecule has 146 valence electrons. The quantitative estimate of drug-likeness (QED) is 0.793. The molecule has 0 unspecified atom stereocenters. The molecule has 0 atom stereocenters. The van der Waals surface area contributed by atoms with E-state index in [9.17, 15) is 4.79 Å². The molecule has 0 bridgehead atoms. The van der Waals surface area contributed by atoms with Crippen molar-refractivity contribution >= 4 is 34.8 Å². The Labute approximate surface area is 170 Å². The number of aromatic nitrogens is 1. The number of fused-ring (bicyclic) bond motifs is 1. The van der Waals surface area contributed by atoms with Crippen molar-refractivity contribution in [1.29, 1.82) is 0 Å². The maximum atomic E-state index is 12.9. The fourth-order valence-electron chi connectivity index (χ4n) is 4.04. The number of anilines is 1. The van der Waals surface area contributed by atoms with Crippen molar-refractivity contribution in [3.05, 3.63) is 34.7 Å². The van der Waals surface area contributed by atoms with Crippen LogP contribution in [0.15, 0.2) is 23.6 Å². The van der Waals surface area contributed by atoms with Crippen LogP contribution in [0.25, 0.3) is 11.3 Å². The third kappa shape index (κ3) is 4.19. The van der Waals surface area contributed by atoms with E-state index in [1.165, 1.54) is 35.3 Å². The molecule has 1 fully saturated rings. The summed E-state index contributed by atoms with van der Waals surface area (Å²) in [7, 11) is 1.66. The predicted octanol–water partition coefficient (Wildman–Crippen LogP) is 3.68. The van der Waals surface area contributed by atoms with E-state index in [1.54, 1.807) is 7.11 Å². The van der Waals surface area contributed by atoms with Crippen LogP contribution in [0, 0.1) is 5.41 Å². The lowest BCUT2D eigenvalue weighted by Crippen LogP contribution is -2.47. The molecule has 1 aromatic carbocycles. The number of amides is 1.